The van der Waals surface area contributed by atoms with E-state index in [1.165, 1.54) is 0 Å². The molecule has 8 heteroatoms. The first-order chi connectivity index (χ1) is 9.54. The highest BCUT2D eigenvalue weighted by Gasteiger charge is 2.18. The van der Waals surface area contributed by atoms with Crippen LogP contribution in [0.25, 0.3) is 17.1 Å². The number of aromatic nitrogens is 5. The third-order valence-corrected chi connectivity index (χ3v) is 2.94. The maximum Gasteiger partial charge on any atom is 0.403 e. The van der Waals surface area contributed by atoms with E-state index in [-0.39, 0.29) is 11.5 Å². The van der Waals surface area contributed by atoms with E-state index in [0.717, 1.165) is 5.69 Å². The summed E-state index contributed by atoms with van der Waals surface area (Å²) in [6, 6.07) is 3.89. The third-order valence-electron chi connectivity index (χ3n) is 2.94. The number of imidazole rings is 1. The van der Waals surface area contributed by atoms with Crippen molar-refractivity contribution in [3.63, 3.8) is 0 Å². The Morgan fingerprint density at radius 3 is 2.55 bits per heavy atom. The number of pyridine rings is 1. The fraction of sp³-hybridized carbons (Fsp3) is 0.167. The number of hydrogen-bond acceptors (Lipinski definition) is 5. The molecule has 3 rings (SSSR count). The normalized spacial score (nSPS) is 10.9. The molecule has 0 atom stereocenters. The molecule has 0 aliphatic heterocycles. The minimum Gasteiger partial charge on any atom is -0.377 e. The van der Waals surface area contributed by atoms with Crippen LogP contribution >= 0.6 is 0 Å². The van der Waals surface area contributed by atoms with Gasteiger partial charge in [-0.1, -0.05) is 0 Å². The van der Waals surface area contributed by atoms with Gasteiger partial charge < -0.3 is 10.6 Å². The van der Waals surface area contributed by atoms with Crippen LogP contribution in [0.2, 0.25) is 0 Å². The second kappa shape index (κ2) is 4.34. The molecule has 0 aliphatic rings. The molecule has 0 aromatic carbocycles. The molecular formula is C12H14N7O+. The lowest BCUT2D eigenvalue weighted by molar-refractivity contribution is -0.603. The second-order valence-corrected chi connectivity index (χ2v) is 4.57. The number of nitrogens with one attached hydrogen (secondary N) is 2. The summed E-state index contributed by atoms with van der Waals surface area (Å²) in [6.45, 7) is 0. The van der Waals surface area contributed by atoms with Crippen molar-refractivity contribution in [2.24, 2.45) is 0 Å². The van der Waals surface area contributed by atoms with E-state index in [4.69, 9.17) is 5.73 Å². The summed E-state index contributed by atoms with van der Waals surface area (Å²) in [5.41, 5.74) is 6.82. The number of nitrogens with zero attached hydrogens (tertiary/aromatic N) is 4. The summed E-state index contributed by atoms with van der Waals surface area (Å²) in [5.74, 6) is 0.558. The van der Waals surface area contributed by atoms with E-state index < -0.39 is 0 Å². The number of nitrogens with two attached hydrogens (primary N) is 1. The molecule has 20 heavy (non-hydrogen) atoms. The Kier molecular flexibility index (Phi) is 2.63. The van der Waals surface area contributed by atoms with Gasteiger partial charge >= 0.3 is 5.95 Å². The molecule has 0 aliphatic carbocycles. The predicted octanol–water partition coefficient (Wildman–Crippen LogP) is -0.429. The fourth-order valence-corrected chi connectivity index (χ4v) is 1.89. The van der Waals surface area contributed by atoms with E-state index in [1.807, 2.05) is 43.5 Å². The molecule has 0 radical (unpaired) electrons. The average Bonchev–Trinajstić information content (AvgIpc) is 2.83. The van der Waals surface area contributed by atoms with Gasteiger partial charge in [0.15, 0.2) is 0 Å². The first-order valence-corrected chi connectivity index (χ1v) is 5.99. The van der Waals surface area contributed by atoms with E-state index in [0.29, 0.717) is 17.1 Å². The lowest BCUT2D eigenvalue weighted by atomic mass is 10.4. The Balaban J connectivity index is 2.10. The monoisotopic (exact) mass is 272 g/mol. The molecule has 102 valence electrons. The Hall–Kier alpha value is -2.90. The highest BCUT2D eigenvalue weighted by molar-refractivity contribution is 5.71. The molecule has 0 saturated carbocycles. The minimum atomic E-state index is -0.336. The molecule has 3 aromatic heterocycles. The molecule has 0 saturated heterocycles. The van der Waals surface area contributed by atoms with Gasteiger partial charge in [0, 0.05) is 19.8 Å². The molecule has 0 bridgehead atoms. The summed E-state index contributed by atoms with van der Waals surface area (Å²) < 4.78 is 1.77. The van der Waals surface area contributed by atoms with Gasteiger partial charge in [0.1, 0.15) is 0 Å². The number of aromatic amines is 2. The highest BCUT2D eigenvalue weighted by Crippen LogP contribution is 2.08. The molecule has 3 heterocycles. The fourth-order valence-electron chi connectivity index (χ4n) is 1.89. The summed E-state index contributed by atoms with van der Waals surface area (Å²) in [6.07, 6.45) is 3.70. The lowest BCUT2D eigenvalue weighted by Gasteiger charge is -2.11. The summed E-state index contributed by atoms with van der Waals surface area (Å²) in [7, 11) is 3.93. The van der Waals surface area contributed by atoms with Gasteiger partial charge in [0.25, 0.3) is 11.2 Å². The van der Waals surface area contributed by atoms with Crippen LogP contribution in [0, 0.1) is 0 Å². The first-order valence-electron chi connectivity index (χ1n) is 5.99. The second-order valence-electron chi connectivity index (χ2n) is 4.57. The third kappa shape index (κ3) is 1.96. The predicted molar refractivity (Wildman–Crippen MR) is 74.8 cm³/mol. The van der Waals surface area contributed by atoms with Gasteiger partial charge in [-0.05, 0) is 17.1 Å². The van der Waals surface area contributed by atoms with Gasteiger partial charge in [-0.2, -0.15) is 4.98 Å². The summed E-state index contributed by atoms with van der Waals surface area (Å²) >= 11 is 0. The van der Waals surface area contributed by atoms with Gasteiger partial charge in [-0.25, -0.2) is 9.55 Å². The molecule has 0 spiro atoms. The topological polar surface area (TPSA) is 108 Å². The maximum absolute atomic E-state index is 11.7. The summed E-state index contributed by atoms with van der Waals surface area (Å²) in [5, 5.41) is 0. The van der Waals surface area contributed by atoms with Crippen LogP contribution in [0.15, 0.2) is 29.3 Å². The van der Waals surface area contributed by atoms with Crippen LogP contribution in [0.4, 0.5) is 11.6 Å². The van der Waals surface area contributed by atoms with Crippen LogP contribution in [0.3, 0.4) is 0 Å². The van der Waals surface area contributed by atoms with Crippen molar-refractivity contribution in [3.05, 3.63) is 34.9 Å². The molecule has 8 nitrogen and oxygen atoms in total. The number of rotatable bonds is 2. The molecule has 0 unspecified atom stereocenters. The van der Waals surface area contributed by atoms with E-state index in [2.05, 4.69) is 19.9 Å². The molecule has 0 amide bonds. The number of nitrogen functional groups attached to an aromatic ring is 1. The SMILES string of the molecule is CN(C)c1cc[n+](-c2nc3nc(N)[nH]c(=O)c3[nH]2)cc1. The Bertz CT molecular complexity index is 816. The Morgan fingerprint density at radius 2 is 1.90 bits per heavy atom. The quantitative estimate of drug-likeness (QED) is 0.549. The van der Waals surface area contributed by atoms with Gasteiger partial charge in [0.05, 0.1) is 12.4 Å². The van der Waals surface area contributed by atoms with E-state index >= 15 is 0 Å². The molecular weight excluding hydrogens is 258 g/mol. The van der Waals surface area contributed by atoms with Crippen molar-refractivity contribution >= 4 is 22.8 Å². The smallest absolute Gasteiger partial charge is 0.377 e. The van der Waals surface area contributed by atoms with Crippen molar-refractivity contribution in [2.75, 3.05) is 24.7 Å². The standard InChI is InChI=1S/C12H13N7O/c1-18(2)7-3-5-19(6-4-7)12-14-8-9(16-12)15-11(13)17-10(8)20/h3-6H,1-2H3,(H3-,13,14,15,16,17,20)/p+1. The molecule has 3 aromatic rings. The van der Waals surface area contributed by atoms with E-state index in [1.54, 1.807) is 4.57 Å². The van der Waals surface area contributed by atoms with Crippen molar-refractivity contribution in [2.45, 2.75) is 0 Å². The van der Waals surface area contributed by atoms with Crippen LogP contribution in [-0.2, 0) is 0 Å². The minimum absolute atomic E-state index is 0.0495. The number of fused-ring (bicyclic) bond motifs is 1. The zero-order valence-corrected chi connectivity index (χ0v) is 11.1. The van der Waals surface area contributed by atoms with Gasteiger partial charge in [0.2, 0.25) is 11.5 Å². The van der Waals surface area contributed by atoms with Crippen LogP contribution in [-0.4, -0.2) is 34.0 Å². The van der Waals surface area contributed by atoms with Gasteiger partial charge in [-0.15, -0.1) is 0 Å². The van der Waals surface area contributed by atoms with Crippen LogP contribution < -0.4 is 20.8 Å². The summed E-state index contributed by atoms with van der Waals surface area (Å²) in [4.78, 5) is 27.3. The zero-order valence-electron chi connectivity index (χ0n) is 11.1. The van der Waals surface area contributed by atoms with Crippen molar-refractivity contribution < 1.29 is 4.57 Å². The lowest BCUT2D eigenvalue weighted by Crippen LogP contribution is -2.31. The Labute approximate surface area is 113 Å². The number of hydrogen-bond donors (Lipinski definition) is 3. The van der Waals surface area contributed by atoms with Crippen LogP contribution in [0.1, 0.15) is 0 Å². The van der Waals surface area contributed by atoms with Crippen molar-refractivity contribution in [3.8, 4) is 5.95 Å². The Morgan fingerprint density at radius 1 is 1.20 bits per heavy atom. The van der Waals surface area contributed by atoms with Crippen molar-refractivity contribution in [1.29, 1.82) is 0 Å². The zero-order chi connectivity index (χ0) is 14.3. The van der Waals surface area contributed by atoms with Crippen molar-refractivity contribution in [1.82, 2.24) is 19.9 Å². The van der Waals surface area contributed by atoms with Gasteiger partial charge in [-0.3, -0.25) is 9.78 Å². The highest BCUT2D eigenvalue weighted by atomic mass is 16.1. The largest absolute Gasteiger partial charge is 0.403 e. The average molecular weight is 272 g/mol. The maximum atomic E-state index is 11.7. The molecule has 4 N–H and O–H groups in total. The number of anilines is 2. The van der Waals surface area contributed by atoms with Crippen LogP contribution in [0.5, 0.6) is 0 Å². The van der Waals surface area contributed by atoms with E-state index in [9.17, 15) is 4.79 Å². The number of H-pyrrole nitrogens is 2. The molecule has 0 fully saturated rings. The first kappa shape index (κ1) is 12.2.